The lowest BCUT2D eigenvalue weighted by Gasteiger charge is -2.29. The second-order valence-corrected chi connectivity index (χ2v) is 5.38. The molecule has 0 saturated carbocycles. The van der Waals surface area contributed by atoms with Crippen LogP contribution in [0.25, 0.3) is 0 Å². The van der Waals surface area contributed by atoms with Crippen LogP contribution in [0.5, 0.6) is 0 Å². The molecule has 21 heavy (non-hydrogen) atoms. The second kappa shape index (κ2) is 6.10. The predicted octanol–water partition coefficient (Wildman–Crippen LogP) is 1.48. The normalized spacial score (nSPS) is 17.3. The molecule has 1 aromatic heterocycles. The fourth-order valence-corrected chi connectivity index (χ4v) is 2.59. The summed E-state index contributed by atoms with van der Waals surface area (Å²) in [5.41, 5.74) is 2.57. The Morgan fingerprint density at radius 1 is 1.38 bits per heavy atom. The number of hydrogen-bond acceptors (Lipinski definition) is 3. The van der Waals surface area contributed by atoms with E-state index in [-0.39, 0.29) is 18.6 Å². The number of nitrogens with zero attached hydrogens (tertiary/aromatic N) is 3. The monoisotopic (exact) mass is 285 g/mol. The summed E-state index contributed by atoms with van der Waals surface area (Å²) in [6.07, 6.45) is 4.38. The molecule has 110 valence electrons. The van der Waals surface area contributed by atoms with Crippen molar-refractivity contribution in [2.75, 3.05) is 13.6 Å². The summed E-state index contributed by atoms with van der Waals surface area (Å²) in [6, 6.07) is 10.1. The van der Waals surface area contributed by atoms with E-state index in [1.807, 2.05) is 25.2 Å². The lowest BCUT2D eigenvalue weighted by Crippen LogP contribution is -2.39. The van der Waals surface area contributed by atoms with Crippen molar-refractivity contribution in [3.63, 3.8) is 0 Å². The van der Waals surface area contributed by atoms with Crippen LogP contribution in [0.15, 0.2) is 42.7 Å². The number of rotatable bonds is 4. The van der Waals surface area contributed by atoms with E-state index >= 15 is 0 Å². The Morgan fingerprint density at radius 2 is 2.19 bits per heavy atom. The van der Waals surface area contributed by atoms with Gasteiger partial charge >= 0.3 is 0 Å². The lowest BCUT2D eigenvalue weighted by atomic mass is 9.99. The summed E-state index contributed by atoms with van der Waals surface area (Å²) in [4.78, 5) is 13.9. The first kappa shape index (κ1) is 13.8. The minimum Gasteiger partial charge on any atom is -0.371 e. The molecule has 1 atom stereocenters. The molecule has 2 heterocycles. The van der Waals surface area contributed by atoms with Crippen LogP contribution in [0.3, 0.4) is 0 Å². The number of benzene rings is 1. The van der Waals surface area contributed by atoms with Crippen LogP contribution in [0.1, 0.15) is 11.1 Å². The van der Waals surface area contributed by atoms with E-state index in [0.717, 1.165) is 6.42 Å². The maximum atomic E-state index is 12.1. The SMILES string of the molecule is CN(CC1Cc2ccccc2CO1)C(=O)Cn1cccn1. The van der Waals surface area contributed by atoms with Gasteiger partial charge in [0.1, 0.15) is 6.54 Å². The molecule has 0 saturated heterocycles. The number of aromatic nitrogens is 2. The summed E-state index contributed by atoms with van der Waals surface area (Å²) in [5, 5.41) is 4.05. The van der Waals surface area contributed by atoms with Crippen molar-refractivity contribution in [1.29, 1.82) is 0 Å². The molecule has 0 fully saturated rings. The van der Waals surface area contributed by atoms with Gasteiger partial charge in [0.25, 0.3) is 0 Å². The molecule has 0 radical (unpaired) electrons. The highest BCUT2D eigenvalue weighted by Crippen LogP contribution is 2.20. The molecule has 1 aliphatic rings. The number of hydrogen-bond donors (Lipinski definition) is 0. The molecule has 0 N–H and O–H groups in total. The molecule has 2 aromatic rings. The van der Waals surface area contributed by atoms with Crippen LogP contribution >= 0.6 is 0 Å². The zero-order valence-corrected chi connectivity index (χ0v) is 12.1. The van der Waals surface area contributed by atoms with E-state index < -0.39 is 0 Å². The molecule has 1 amide bonds. The Balaban J connectivity index is 1.56. The smallest absolute Gasteiger partial charge is 0.244 e. The second-order valence-electron chi connectivity index (χ2n) is 5.38. The van der Waals surface area contributed by atoms with Crippen LogP contribution in [0, 0.1) is 0 Å². The Bertz CT molecular complexity index is 610. The van der Waals surface area contributed by atoms with Crippen LogP contribution < -0.4 is 0 Å². The predicted molar refractivity (Wildman–Crippen MR) is 78.6 cm³/mol. The van der Waals surface area contributed by atoms with Gasteiger partial charge in [-0.3, -0.25) is 9.48 Å². The van der Waals surface area contributed by atoms with E-state index in [9.17, 15) is 4.79 Å². The van der Waals surface area contributed by atoms with E-state index in [4.69, 9.17) is 4.74 Å². The zero-order valence-electron chi connectivity index (χ0n) is 12.1. The molecule has 0 spiro atoms. The van der Waals surface area contributed by atoms with Crippen molar-refractivity contribution in [3.05, 3.63) is 53.9 Å². The highest BCUT2D eigenvalue weighted by molar-refractivity contribution is 5.75. The molecule has 3 rings (SSSR count). The average Bonchev–Trinajstić information content (AvgIpc) is 3.00. The van der Waals surface area contributed by atoms with E-state index in [1.54, 1.807) is 22.0 Å². The van der Waals surface area contributed by atoms with Gasteiger partial charge in [-0.2, -0.15) is 5.10 Å². The molecule has 0 bridgehead atoms. The topological polar surface area (TPSA) is 47.4 Å². The van der Waals surface area contributed by atoms with Crippen molar-refractivity contribution in [1.82, 2.24) is 14.7 Å². The van der Waals surface area contributed by atoms with Crippen molar-refractivity contribution in [3.8, 4) is 0 Å². The van der Waals surface area contributed by atoms with Gasteiger partial charge < -0.3 is 9.64 Å². The van der Waals surface area contributed by atoms with Gasteiger partial charge in [0.05, 0.1) is 12.7 Å². The maximum absolute atomic E-state index is 12.1. The molecule has 5 heteroatoms. The molecular weight excluding hydrogens is 266 g/mol. The highest BCUT2D eigenvalue weighted by atomic mass is 16.5. The number of ether oxygens (including phenoxy) is 1. The van der Waals surface area contributed by atoms with Crippen molar-refractivity contribution < 1.29 is 9.53 Å². The van der Waals surface area contributed by atoms with Gasteiger partial charge in [0.2, 0.25) is 5.91 Å². The molecule has 0 aliphatic carbocycles. The van der Waals surface area contributed by atoms with E-state index in [1.165, 1.54) is 11.1 Å². The number of likely N-dealkylation sites (N-methyl/N-ethyl adjacent to an activating group) is 1. The average molecular weight is 285 g/mol. The molecule has 1 unspecified atom stereocenters. The van der Waals surface area contributed by atoms with Crippen LogP contribution in [-0.2, 0) is 29.1 Å². The maximum Gasteiger partial charge on any atom is 0.244 e. The number of carbonyl (C=O) groups is 1. The van der Waals surface area contributed by atoms with Gasteiger partial charge in [0, 0.05) is 32.4 Å². The lowest BCUT2D eigenvalue weighted by molar-refractivity contribution is -0.132. The molecule has 1 aromatic carbocycles. The largest absolute Gasteiger partial charge is 0.371 e. The summed E-state index contributed by atoms with van der Waals surface area (Å²) in [5.74, 6) is 0.0427. The minimum absolute atomic E-state index is 0.0427. The molecule has 1 aliphatic heterocycles. The summed E-state index contributed by atoms with van der Waals surface area (Å²) < 4.78 is 7.48. The summed E-state index contributed by atoms with van der Waals surface area (Å²) in [6.45, 7) is 1.50. The van der Waals surface area contributed by atoms with Gasteiger partial charge in [-0.05, 0) is 17.2 Å². The first-order chi connectivity index (χ1) is 10.2. The summed E-state index contributed by atoms with van der Waals surface area (Å²) >= 11 is 0. The fourth-order valence-electron chi connectivity index (χ4n) is 2.59. The third-order valence-electron chi connectivity index (χ3n) is 3.80. The Kier molecular flexibility index (Phi) is 4.01. The Morgan fingerprint density at radius 3 is 2.95 bits per heavy atom. The van der Waals surface area contributed by atoms with E-state index in [2.05, 4.69) is 17.2 Å². The Labute approximate surface area is 124 Å². The van der Waals surface area contributed by atoms with Crippen molar-refractivity contribution in [2.24, 2.45) is 0 Å². The quantitative estimate of drug-likeness (QED) is 0.855. The first-order valence-electron chi connectivity index (χ1n) is 7.12. The Hall–Kier alpha value is -2.14. The third-order valence-corrected chi connectivity index (χ3v) is 3.80. The zero-order chi connectivity index (χ0) is 14.7. The van der Waals surface area contributed by atoms with Crippen molar-refractivity contribution >= 4 is 5.91 Å². The summed E-state index contributed by atoms with van der Waals surface area (Å²) in [7, 11) is 1.82. The number of amides is 1. The van der Waals surface area contributed by atoms with Crippen molar-refractivity contribution in [2.45, 2.75) is 25.7 Å². The number of fused-ring (bicyclic) bond motifs is 1. The van der Waals surface area contributed by atoms with E-state index in [0.29, 0.717) is 13.2 Å². The fraction of sp³-hybridized carbons (Fsp3) is 0.375. The molecule has 5 nitrogen and oxygen atoms in total. The highest BCUT2D eigenvalue weighted by Gasteiger charge is 2.22. The minimum atomic E-state index is 0.0427. The van der Waals surface area contributed by atoms with Crippen LogP contribution in [0.4, 0.5) is 0 Å². The molecular formula is C16H19N3O2. The van der Waals surface area contributed by atoms with Gasteiger partial charge in [-0.25, -0.2) is 0 Å². The number of carbonyl (C=O) groups excluding carboxylic acids is 1. The standard InChI is InChI=1S/C16H19N3O2/c1-18(16(20)11-19-8-4-7-17-19)10-15-9-13-5-2-3-6-14(13)12-21-15/h2-8,15H,9-12H2,1H3. The van der Waals surface area contributed by atoms with Gasteiger partial charge in [0.15, 0.2) is 0 Å². The third kappa shape index (κ3) is 3.31. The van der Waals surface area contributed by atoms with Gasteiger partial charge in [-0.15, -0.1) is 0 Å². The van der Waals surface area contributed by atoms with Gasteiger partial charge in [-0.1, -0.05) is 24.3 Å². The van der Waals surface area contributed by atoms with Crippen LogP contribution in [-0.4, -0.2) is 40.3 Å². The van der Waals surface area contributed by atoms with Crippen LogP contribution in [0.2, 0.25) is 0 Å². The first-order valence-corrected chi connectivity index (χ1v) is 7.12.